The Morgan fingerprint density at radius 3 is 2.73 bits per heavy atom. The van der Waals surface area contributed by atoms with Gasteiger partial charge in [0.1, 0.15) is 0 Å². The molecule has 1 fully saturated rings. The number of H-pyrrole nitrogens is 1. The van der Waals surface area contributed by atoms with Crippen molar-refractivity contribution in [2.24, 2.45) is 10.8 Å². The molecule has 1 aromatic heterocycles. The Morgan fingerprint density at radius 1 is 1.36 bits per heavy atom. The Labute approximate surface area is 131 Å². The normalized spacial score (nSPS) is 23.8. The van der Waals surface area contributed by atoms with E-state index in [4.69, 9.17) is 0 Å². The second-order valence-electron chi connectivity index (χ2n) is 7.55. The number of carbonyl (C=O) groups excluding carboxylic acids is 1. The Kier molecular flexibility index (Phi) is 4.58. The molecule has 0 bridgehead atoms. The van der Waals surface area contributed by atoms with Crippen molar-refractivity contribution in [1.29, 1.82) is 0 Å². The highest BCUT2D eigenvalue weighted by Gasteiger charge is 2.36. The number of hydrogen-bond acceptors (Lipinski definition) is 3. The molecule has 0 spiro atoms. The molecular formula is C16H26N4O2. The fourth-order valence-electron chi connectivity index (χ4n) is 3.56. The van der Waals surface area contributed by atoms with Crippen molar-refractivity contribution in [2.45, 2.75) is 53.4 Å². The van der Waals surface area contributed by atoms with Crippen LogP contribution in [0.2, 0.25) is 0 Å². The van der Waals surface area contributed by atoms with Crippen LogP contribution in [-0.4, -0.2) is 22.5 Å². The minimum absolute atomic E-state index is 0.118. The highest BCUT2D eigenvalue weighted by molar-refractivity contribution is 5.87. The van der Waals surface area contributed by atoms with Crippen LogP contribution in [0.5, 0.6) is 0 Å². The molecule has 1 unspecified atom stereocenters. The minimum atomic E-state index is -0.335. The second kappa shape index (κ2) is 6.10. The first-order valence-electron chi connectivity index (χ1n) is 7.80. The van der Waals surface area contributed by atoms with Gasteiger partial charge in [-0.15, -0.1) is 0 Å². The SMILES string of the molecule is Cc1cc(=O)[nH]c(NC(=O)NCC2(C)CCCC(C)(C)C2)n1. The standard InChI is InChI=1S/C16H26N4O2/c1-11-8-12(21)19-13(18-11)20-14(22)17-10-16(4)7-5-6-15(2,3)9-16/h8H,5-7,9-10H2,1-4H3,(H3,17,18,19,20,21,22). The van der Waals surface area contributed by atoms with Crippen LogP contribution >= 0.6 is 0 Å². The fourth-order valence-corrected chi connectivity index (χ4v) is 3.56. The predicted molar refractivity (Wildman–Crippen MR) is 87.0 cm³/mol. The Morgan fingerprint density at radius 2 is 2.09 bits per heavy atom. The summed E-state index contributed by atoms with van der Waals surface area (Å²) in [7, 11) is 0. The van der Waals surface area contributed by atoms with Gasteiger partial charge in [-0.05, 0) is 37.0 Å². The summed E-state index contributed by atoms with van der Waals surface area (Å²) in [6.07, 6.45) is 4.65. The minimum Gasteiger partial charge on any atom is -0.337 e. The summed E-state index contributed by atoms with van der Waals surface area (Å²) in [6, 6.07) is 1.05. The molecule has 6 nitrogen and oxygen atoms in total. The number of amides is 2. The lowest BCUT2D eigenvalue weighted by molar-refractivity contribution is 0.100. The molecule has 0 radical (unpaired) electrons. The molecule has 122 valence electrons. The molecule has 1 atom stereocenters. The van der Waals surface area contributed by atoms with E-state index in [-0.39, 0.29) is 23.0 Å². The number of aromatic amines is 1. The van der Waals surface area contributed by atoms with Crippen LogP contribution in [0, 0.1) is 17.8 Å². The van der Waals surface area contributed by atoms with Gasteiger partial charge in [-0.1, -0.05) is 27.2 Å². The van der Waals surface area contributed by atoms with Crippen LogP contribution in [0.3, 0.4) is 0 Å². The maximum absolute atomic E-state index is 12.0. The van der Waals surface area contributed by atoms with E-state index in [2.05, 4.69) is 41.4 Å². The van der Waals surface area contributed by atoms with Crippen molar-refractivity contribution in [3.63, 3.8) is 0 Å². The lowest BCUT2D eigenvalue weighted by Gasteiger charge is -2.42. The van der Waals surface area contributed by atoms with Gasteiger partial charge in [0.05, 0.1) is 0 Å². The third-order valence-electron chi connectivity index (χ3n) is 4.32. The van der Waals surface area contributed by atoms with E-state index in [1.807, 2.05) is 0 Å². The van der Waals surface area contributed by atoms with Gasteiger partial charge in [-0.2, -0.15) is 0 Å². The topological polar surface area (TPSA) is 86.9 Å². The van der Waals surface area contributed by atoms with Crippen molar-refractivity contribution in [3.05, 3.63) is 22.1 Å². The Balaban J connectivity index is 1.91. The van der Waals surface area contributed by atoms with Gasteiger partial charge in [-0.3, -0.25) is 15.1 Å². The summed E-state index contributed by atoms with van der Waals surface area (Å²) in [6.45, 7) is 9.13. The molecule has 0 aromatic carbocycles. The molecule has 1 heterocycles. The molecule has 2 rings (SSSR count). The van der Waals surface area contributed by atoms with Gasteiger partial charge in [0, 0.05) is 18.3 Å². The highest BCUT2D eigenvalue weighted by Crippen LogP contribution is 2.45. The average Bonchev–Trinajstić information content (AvgIpc) is 2.33. The van der Waals surface area contributed by atoms with Crippen molar-refractivity contribution >= 4 is 12.0 Å². The summed E-state index contributed by atoms with van der Waals surface area (Å²) >= 11 is 0. The van der Waals surface area contributed by atoms with Crippen LogP contribution < -0.4 is 16.2 Å². The van der Waals surface area contributed by atoms with Gasteiger partial charge >= 0.3 is 6.03 Å². The highest BCUT2D eigenvalue weighted by atomic mass is 16.2. The summed E-state index contributed by atoms with van der Waals surface area (Å²) in [5, 5.41) is 5.49. The molecule has 1 saturated carbocycles. The second-order valence-corrected chi connectivity index (χ2v) is 7.55. The van der Waals surface area contributed by atoms with Crippen molar-refractivity contribution in [1.82, 2.24) is 15.3 Å². The van der Waals surface area contributed by atoms with Crippen LogP contribution in [-0.2, 0) is 0 Å². The quantitative estimate of drug-likeness (QED) is 0.802. The zero-order valence-corrected chi connectivity index (χ0v) is 13.9. The van der Waals surface area contributed by atoms with Gasteiger partial charge in [-0.25, -0.2) is 9.78 Å². The van der Waals surface area contributed by atoms with Crippen molar-refractivity contribution < 1.29 is 4.79 Å². The number of aryl methyl sites for hydroxylation is 1. The summed E-state index contributed by atoms with van der Waals surface area (Å²) in [5.74, 6) is 0.177. The molecule has 6 heteroatoms. The first-order valence-corrected chi connectivity index (χ1v) is 7.80. The van der Waals surface area contributed by atoms with E-state index in [9.17, 15) is 9.59 Å². The van der Waals surface area contributed by atoms with E-state index in [1.165, 1.54) is 18.9 Å². The third-order valence-corrected chi connectivity index (χ3v) is 4.32. The first kappa shape index (κ1) is 16.5. The summed E-state index contributed by atoms with van der Waals surface area (Å²) in [4.78, 5) is 29.9. The van der Waals surface area contributed by atoms with Crippen LogP contribution in [0.1, 0.15) is 52.1 Å². The first-order chi connectivity index (χ1) is 10.2. The third kappa shape index (κ3) is 4.58. The van der Waals surface area contributed by atoms with Gasteiger partial charge in [0.2, 0.25) is 5.95 Å². The van der Waals surface area contributed by atoms with Crippen molar-refractivity contribution in [2.75, 3.05) is 11.9 Å². The number of nitrogens with zero attached hydrogens (tertiary/aromatic N) is 1. The zero-order chi connectivity index (χ0) is 16.4. The van der Waals surface area contributed by atoms with Crippen molar-refractivity contribution in [3.8, 4) is 0 Å². The van der Waals surface area contributed by atoms with E-state index < -0.39 is 0 Å². The van der Waals surface area contributed by atoms with E-state index in [0.717, 1.165) is 12.8 Å². The molecule has 3 N–H and O–H groups in total. The molecular weight excluding hydrogens is 280 g/mol. The van der Waals surface area contributed by atoms with E-state index in [1.54, 1.807) is 6.92 Å². The monoisotopic (exact) mass is 306 g/mol. The predicted octanol–water partition coefficient (Wildman–Crippen LogP) is 2.81. The van der Waals surface area contributed by atoms with Gasteiger partial charge in [0.25, 0.3) is 5.56 Å². The maximum atomic E-state index is 12.0. The van der Waals surface area contributed by atoms with Gasteiger partial charge in [0.15, 0.2) is 0 Å². The summed E-state index contributed by atoms with van der Waals surface area (Å²) in [5.41, 5.74) is 0.741. The smallest absolute Gasteiger partial charge is 0.321 e. The largest absolute Gasteiger partial charge is 0.337 e. The number of hydrogen-bond donors (Lipinski definition) is 3. The van der Waals surface area contributed by atoms with Crippen LogP contribution in [0.15, 0.2) is 10.9 Å². The van der Waals surface area contributed by atoms with Crippen LogP contribution in [0.25, 0.3) is 0 Å². The van der Waals surface area contributed by atoms with Crippen LogP contribution in [0.4, 0.5) is 10.7 Å². The number of anilines is 1. The summed E-state index contributed by atoms with van der Waals surface area (Å²) < 4.78 is 0. The molecule has 0 aliphatic heterocycles. The molecule has 1 aliphatic carbocycles. The number of nitrogens with one attached hydrogen (secondary N) is 3. The Hall–Kier alpha value is -1.85. The average molecular weight is 306 g/mol. The number of aromatic nitrogens is 2. The van der Waals surface area contributed by atoms with Gasteiger partial charge < -0.3 is 5.32 Å². The fraction of sp³-hybridized carbons (Fsp3) is 0.688. The molecule has 1 aliphatic rings. The number of urea groups is 1. The molecule has 1 aromatic rings. The molecule has 0 saturated heterocycles. The lowest BCUT2D eigenvalue weighted by atomic mass is 9.64. The maximum Gasteiger partial charge on any atom is 0.321 e. The van der Waals surface area contributed by atoms with E-state index >= 15 is 0 Å². The lowest BCUT2D eigenvalue weighted by Crippen LogP contribution is -2.42. The Bertz CT molecular complexity index is 608. The number of rotatable bonds is 3. The van der Waals surface area contributed by atoms with E-state index in [0.29, 0.717) is 17.7 Å². The molecule has 2 amide bonds. The zero-order valence-electron chi connectivity index (χ0n) is 13.9. The molecule has 22 heavy (non-hydrogen) atoms. The number of carbonyl (C=O) groups is 1.